The van der Waals surface area contributed by atoms with Crippen molar-refractivity contribution in [3.63, 3.8) is 0 Å². The van der Waals surface area contributed by atoms with Crippen molar-refractivity contribution in [2.45, 2.75) is 18.9 Å². The van der Waals surface area contributed by atoms with E-state index in [1.54, 1.807) is 0 Å². The molecule has 0 radical (unpaired) electrons. The van der Waals surface area contributed by atoms with Crippen LogP contribution in [0, 0.1) is 0 Å². The van der Waals surface area contributed by atoms with Crippen molar-refractivity contribution in [2.24, 2.45) is 0 Å². The molecular weight excluding hydrogens is 212 g/mol. The van der Waals surface area contributed by atoms with Crippen LogP contribution in [0.4, 0.5) is 0 Å². The molecule has 0 aromatic carbocycles. The predicted octanol–water partition coefficient (Wildman–Crippen LogP) is 0.739. The van der Waals surface area contributed by atoms with Crippen molar-refractivity contribution in [2.75, 3.05) is 20.1 Å². The van der Waals surface area contributed by atoms with Gasteiger partial charge in [-0.2, -0.15) is 7.05 Å². The first-order chi connectivity index (χ1) is 3.93. The number of rotatable bonds is 1. The molecule has 0 unspecified atom stereocenters. The molecule has 3 heteroatoms. The molecule has 0 atom stereocenters. The van der Waals surface area contributed by atoms with Gasteiger partial charge in [0.25, 0.3) is 0 Å². The van der Waals surface area contributed by atoms with Crippen LogP contribution in [0.25, 0.3) is 5.32 Å². The summed E-state index contributed by atoms with van der Waals surface area (Å²) in [4.78, 5) is 0. The van der Waals surface area contributed by atoms with E-state index < -0.39 is 0 Å². The average molecular weight is 226 g/mol. The van der Waals surface area contributed by atoms with Gasteiger partial charge in [0.2, 0.25) is 0 Å². The summed E-state index contributed by atoms with van der Waals surface area (Å²) in [6.07, 6.45) is 2.47. The molecule has 0 amide bonds. The summed E-state index contributed by atoms with van der Waals surface area (Å²) in [6.45, 7) is 2.31. The van der Waals surface area contributed by atoms with Crippen LogP contribution in [0.5, 0.6) is 0 Å². The van der Waals surface area contributed by atoms with Crippen LogP contribution in [0.15, 0.2) is 0 Å². The van der Waals surface area contributed by atoms with Crippen LogP contribution in [-0.2, 0) is 27.3 Å². The van der Waals surface area contributed by atoms with Crippen molar-refractivity contribution in [3.05, 3.63) is 5.32 Å². The minimum atomic E-state index is 0. The van der Waals surface area contributed by atoms with Crippen molar-refractivity contribution in [1.82, 2.24) is 5.32 Å². The van der Waals surface area contributed by atoms with Gasteiger partial charge in [0.05, 0.1) is 0 Å². The van der Waals surface area contributed by atoms with Crippen molar-refractivity contribution in [1.29, 1.82) is 0 Å². The quantitative estimate of drug-likeness (QED) is 0.655. The summed E-state index contributed by atoms with van der Waals surface area (Å²) < 4.78 is 0. The van der Waals surface area contributed by atoms with Crippen LogP contribution in [0.3, 0.4) is 0 Å². The van der Waals surface area contributed by atoms with Gasteiger partial charge in [-0.15, -0.1) is 6.04 Å². The maximum atomic E-state index is 4.21. The molecule has 0 aromatic rings. The fourth-order valence-corrected chi connectivity index (χ4v) is 1.06. The molecule has 1 saturated heterocycles. The summed E-state index contributed by atoms with van der Waals surface area (Å²) in [6, 6.07) is 0.649. The number of piperidine rings is 1. The Kier molecular flexibility index (Phi) is 6.14. The topological polar surface area (TPSA) is 26.1 Å². The van der Waals surface area contributed by atoms with E-state index in [-0.39, 0.29) is 27.3 Å². The van der Waals surface area contributed by atoms with Crippen LogP contribution in [0.2, 0.25) is 0 Å². The minimum absolute atomic E-state index is 0. The van der Waals surface area contributed by atoms with Gasteiger partial charge in [0, 0.05) is 27.3 Å². The van der Waals surface area contributed by atoms with Crippen LogP contribution >= 0.6 is 0 Å². The largest absolute Gasteiger partial charge is 0.662 e. The molecule has 50 valence electrons. The first kappa shape index (κ1) is 9.84. The molecular formula is C6H13CdN2-. The zero-order chi connectivity index (χ0) is 5.82. The second-order valence-electron chi connectivity index (χ2n) is 2.24. The standard InChI is InChI=1S/C6H13N2.Cd/c1-7-6-2-4-8-5-3-6;/h6,8H,2-5H2,1H3;/q-1;. The summed E-state index contributed by atoms with van der Waals surface area (Å²) in [5.41, 5.74) is 0. The Morgan fingerprint density at radius 1 is 1.33 bits per heavy atom. The zero-order valence-electron chi connectivity index (χ0n) is 6.06. The third kappa shape index (κ3) is 3.52. The van der Waals surface area contributed by atoms with Crippen LogP contribution < -0.4 is 5.32 Å². The van der Waals surface area contributed by atoms with E-state index in [4.69, 9.17) is 0 Å². The van der Waals surface area contributed by atoms with E-state index in [2.05, 4.69) is 10.6 Å². The van der Waals surface area contributed by atoms with Gasteiger partial charge >= 0.3 is 0 Å². The summed E-state index contributed by atoms with van der Waals surface area (Å²) in [5, 5.41) is 7.50. The molecule has 1 N–H and O–H groups in total. The molecule has 1 aliphatic heterocycles. The van der Waals surface area contributed by atoms with Gasteiger partial charge in [-0.25, -0.2) is 0 Å². The minimum Gasteiger partial charge on any atom is -0.662 e. The first-order valence-corrected chi connectivity index (χ1v) is 3.23. The molecule has 1 rings (SSSR count). The van der Waals surface area contributed by atoms with E-state index in [9.17, 15) is 0 Å². The summed E-state index contributed by atoms with van der Waals surface area (Å²) in [7, 11) is 1.91. The third-order valence-electron chi connectivity index (χ3n) is 1.67. The van der Waals surface area contributed by atoms with Gasteiger partial charge in [0.15, 0.2) is 0 Å². The second kappa shape index (κ2) is 5.61. The van der Waals surface area contributed by atoms with E-state index in [0.717, 1.165) is 13.1 Å². The predicted molar refractivity (Wildman–Crippen MR) is 35.2 cm³/mol. The number of nitrogens with one attached hydrogen (secondary N) is 1. The second-order valence-corrected chi connectivity index (χ2v) is 2.24. The van der Waals surface area contributed by atoms with Gasteiger partial charge in [-0.1, -0.05) is 12.8 Å². The average Bonchev–Trinajstić information content (AvgIpc) is 1.90. The maximum Gasteiger partial charge on any atom is 0 e. The van der Waals surface area contributed by atoms with E-state index in [1.165, 1.54) is 12.8 Å². The fourth-order valence-electron chi connectivity index (χ4n) is 1.06. The van der Waals surface area contributed by atoms with E-state index in [1.807, 2.05) is 7.05 Å². The number of hydrogen-bond acceptors (Lipinski definition) is 1. The normalized spacial score (nSPS) is 21.0. The zero-order valence-corrected chi connectivity index (χ0v) is 10.1. The Balaban J connectivity index is 0.000000640. The van der Waals surface area contributed by atoms with Crippen LogP contribution in [0.1, 0.15) is 12.8 Å². The monoisotopic (exact) mass is 227 g/mol. The Bertz CT molecular complexity index is 62.1. The van der Waals surface area contributed by atoms with Gasteiger partial charge in [-0.05, 0) is 13.1 Å². The molecule has 0 spiro atoms. The maximum absolute atomic E-state index is 4.21. The van der Waals surface area contributed by atoms with E-state index in [0.29, 0.717) is 6.04 Å². The summed E-state index contributed by atoms with van der Waals surface area (Å²) >= 11 is 0. The molecule has 0 aromatic heterocycles. The molecule has 1 heterocycles. The first-order valence-electron chi connectivity index (χ1n) is 3.23. The smallest absolute Gasteiger partial charge is 0 e. The van der Waals surface area contributed by atoms with E-state index >= 15 is 0 Å². The molecule has 0 saturated carbocycles. The molecule has 1 aliphatic rings. The van der Waals surface area contributed by atoms with Gasteiger partial charge in [0.1, 0.15) is 0 Å². The van der Waals surface area contributed by atoms with Crippen molar-refractivity contribution < 1.29 is 27.3 Å². The molecule has 2 nitrogen and oxygen atoms in total. The van der Waals surface area contributed by atoms with Gasteiger partial charge < -0.3 is 10.6 Å². The van der Waals surface area contributed by atoms with Crippen molar-refractivity contribution >= 4 is 0 Å². The van der Waals surface area contributed by atoms with Crippen LogP contribution in [-0.4, -0.2) is 26.2 Å². The number of nitrogens with zero attached hydrogens (tertiary/aromatic N) is 1. The Labute approximate surface area is 76.9 Å². The molecule has 9 heavy (non-hydrogen) atoms. The fraction of sp³-hybridized carbons (Fsp3) is 1.00. The molecule has 1 fully saturated rings. The van der Waals surface area contributed by atoms with Gasteiger partial charge in [-0.3, -0.25) is 0 Å². The molecule has 0 aliphatic carbocycles. The Morgan fingerprint density at radius 2 is 1.89 bits per heavy atom. The number of hydrogen-bond donors (Lipinski definition) is 1. The Morgan fingerprint density at radius 3 is 2.22 bits per heavy atom. The Hall–Kier alpha value is 0.842. The summed E-state index contributed by atoms with van der Waals surface area (Å²) in [5.74, 6) is 0. The SMILES string of the molecule is C[N-]C1CCNCC1.[Cd]. The molecule has 0 bridgehead atoms. The van der Waals surface area contributed by atoms with Crippen molar-refractivity contribution in [3.8, 4) is 0 Å². The third-order valence-corrected chi connectivity index (χ3v) is 1.67.